The molecule has 0 atom stereocenters. The van der Waals surface area contributed by atoms with Gasteiger partial charge < -0.3 is 15.0 Å². The predicted molar refractivity (Wildman–Crippen MR) is 62.4 cm³/mol. The van der Waals surface area contributed by atoms with Crippen molar-refractivity contribution < 1.29 is 9.26 Å². The molecule has 0 amide bonds. The van der Waals surface area contributed by atoms with E-state index in [9.17, 15) is 0 Å². The van der Waals surface area contributed by atoms with Crippen molar-refractivity contribution in [2.45, 2.75) is 4.52 Å². The van der Waals surface area contributed by atoms with Gasteiger partial charge in [0.2, 0.25) is 0 Å². The summed E-state index contributed by atoms with van der Waals surface area (Å²) in [5.41, 5.74) is 6.27. The number of aromatic nitrogens is 1. The third-order valence-corrected chi connectivity index (χ3v) is 2.63. The molecule has 0 radical (unpaired) electrons. The highest BCUT2D eigenvalue weighted by atomic mass is 35.5. The molecule has 0 fully saturated rings. The molecule has 2 aromatic rings. The number of nitrogens with zero attached hydrogens (tertiary/aromatic N) is 1. The average molecular weight is 261 g/mol. The van der Waals surface area contributed by atoms with Crippen LogP contribution in [0.5, 0.6) is 0 Å². The van der Waals surface area contributed by atoms with Gasteiger partial charge in [0.25, 0.3) is 4.52 Å². The largest absolute Gasteiger partial charge is 0.356 e. The van der Waals surface area contributed by atoms with Crippen LogP contribution in [0, 0.1) is 0 Å². The highest BCUT2D eigenvalue weighted by molar-refractivity contribution is 6.47. The molecule has 16 heavy (non-hydrogen) atoms. The molecule has 0 aliphatic heterocycles. The fourth-order valence-electron chi connectivity index (χ4n) is 1.35. The number of nitrogens with two attached hydrogens (primary N) is 1. The molecule has 6 heteroatoms. The van der Waals surface area contributed by atoms with Crippen LogP contribution in [0.4, 0.5) is 0 Å². The van der Waals surface area contributed by atoms with Gasteiger partial charge in [0, 0.05) is 6.54 Å². The lowest BCUT2D eigenvalue weighted by Crippen LogP contribution is -2.20. The van der Waals surface area contributed by atoms with Crippen molar-refractivity contribution in [2.75, 3.05) is 13.2 Å². The maximum absolute atomic E-state index is 6.03. The SMILES string of the molecule is NCCOC(Cl)(Cl)c1noc2ccccc12. The van der Waals surface area contributed by atoms with Crippen LogP contribution in [-0.4, -0.2) is 18.3 Å². The van der Waals surface area contributed by atoms with Gasteiger partial charge in [-0.05, 0) is 12.1 Å². The quantitative estimate of drug-likeness (QED) is 0.858. The first-order chi connectivity index (χ1) is 7.65. The molecule has 86 valence electrons. The predicted octanol–water partition coefficient (Wildman–Crippen LogP) is 2.39. The molecule has 2 N–H and O–H groups in total. The Morgan fingerprint density at radius 2 is 2.12 bits per heavy atom. The van der Waals surface area contributed by atoms with E-state index in [1.807, 2.05) is 18.2 Å². The van der Waals surface area contributed by atoms with E-state index in [1.165, 1.54) is 0 Å². The Kier molecular flexibility index (Phi) is 3.35. The fraction of sp³-hybridized carbons (Fsp3) is 0.300. The summed E-state index contributed by atoms with van der Waals surface area (Å²) in [6.07, 6.45) is 0. The summed E-state index contributed by atoms with van der Waals surface area (Å²) in [7, 11) is 0. The number of hydrogen-bond acceptors (Lipinski definition) is 4. The minimum Gasteiger partial charge on any atom is -0.356 e. The van der Waals surface area contributed by atoms with Gasteiger partial charge in [-0.1, -0.05) is 40.5 Å². The molecule has 0 aliphatic rings. The molecule has 0 bridgehead atoms. The Hall–Kier alpha value is -0.810. The van der Waals surface area contributed by atoms with Crippen molar-refractivity contribution in [1.82, 2.24) is 5.16 Å². The molecule has 1 aromatic carbocycles. The van der Waals surface area contributed by atoms with E-state index in [0.717, 1.165) is 5.39 Å². The lowest BCUT2D eigenvalue weighted by Gasteiger charge is -2.16. The van der Waals surface area contributed by atoms with Crippen LogP contribution in [0.1, 0.15) is 5.69 Å². The minimum absolute atomic E-state index is 0.244. The van der Waals surface area contributed by atoms with Crippen molar-refractivity contribution in [3.8, 4) is 0 Å². The van der Waals surface area contributed by atoms with Crippen LogP contribution in [-0.2, 0) is 9.26 Å². The van der Waals surface area contributed by atoms with Gasteiger partial charge in [0.1, 0.15) is 0 Å². The number of benzene rings is 1. The van der Waals surface area contributed by atoms with Gasteiger partial charge in [0.15, 0.2) is 11.3 Å². The van der Waals surface area contributed by atoms with E-state index < -0.39 is 4.52 Å². The van der Waals surface area contributed by atoms with E-state index in [4.69, 9.17) is 38.2 Å². The molecule has 2 rings (SSSR count). The number of halogens is 2. The number of alkyl halides is 2. The van der Waals surface area contributed by atoms with Crippen molar-refractivity contribution in [3.05, 3.63) is 30.0 Å². The van der Waals surface area contributed by atoms with Crippen molar-refractivity contribution in [2.24, 2.45) is 5.73 Å². The van der Waals surface area contributed by atoms with Crippen molar-refractivity contribution in [3.63, 3.8) is 0 Å². The Labute approximate surface area is 102 Å². The average Bonchev–Trinajstić information content (AvgIpc) is 2.71. The Balaban J connectivity index is 2.38. The van der Waals surface area contributed by atoms with Crippen LogP contribution in [0.2, 0.25) is 0 Å². The smallest absolute Gasteiger partial charge is 0.265 e. The lowest BCUT2D eigenvalue weighted by molar-refractivity contribution is 0.0787. The third-order valence-electron chi connectivity index (χ3n) is 2.05. The van der Waals surface area contributed by atoms with Crippen molar-refractivity contribution >= 4 is 34.2 Å². The number of hydrogen-bond donors (Lipinski definition) is 1. The molecule has 0 unspecified atom stereocenters. The van der Waals surface area contributed by atoms with Crippen LogP contribution in [0.15, 0.2) is 28.8 Å². The van der Waals surface area contributed by atoms with E-state index in [0.29, 0.717) is 17.8 Å². The molecule has 4 nitrogen and oxygen atoms in total. The van der Waals surface area contributed by atoms with Crippen LogP contribution in [0.25, 0.3) is 11.0 Å². The van der Waals surface area contributed by atoms with E-state index in [-0.39, 0.29) is 6.61 Å². The third kappa shape index (κ3) is 2.15. The molecule has 0 saturated heterocycles. The van der Waals surface area contributed by atoms with E-state index >= 15 is 0 Å². The highest BCUT2D eigenvalue weighted by Crippen LogP contribution is 2.38. The number of ether oxygens (including phenoxy) is 1. The normalized spacial score (nSPS) is 12.2. The van der Waals surface area contributed by atoms with Crippen LogP contribution < -0.4 is 5.73 Å². The monoisotopic (exact) mass is 260 g/mol. The maximum atomic E-state index is 6.03. The molecular weight excluding hydrogens is 251 g/mol. The molecule has 0 aliphatic carbocycles. The van der Waals surface area contributed by atoms with Crippen LogP contribution >= 0.6 is 23.2 Å². The zero-order chi connectivity index (χ0) is 11.6. The summed E-state index contributed by atoms with van der Waals surface area (Å²) in [6.45, 7) is 0.575. The molecule has 0 spiro atoms. The Morgan fingerprint density at radius 1 is 1.38 bits per heavy atom. The highest BCUT2D eigenvalue weighted by Gasteiger charge is 2.33. The van der Waals surface area contributed by atoms with Gasteiger partial charge in [-0.25, -0.2) is 0 Å². The summed E-state index contributed by atoms with van der Waals surface area (Å²) in [5, 5.41) is 4.54. The second-order valence-electron chi connectivity index (χ2n) is 3.18. The number of rotatable bonds is 4. The fourth-order valence-corrected chi connectivity index (χ4v) is 1.78. The van der Waals surface area contributed by atoms with E-state index in [1.54, 1.807) is 6.07 Å². The first-order valence-corrected chi connectivity index (χ1v) is 5.47. The zero-order valence-electron chi connectivity index (χ0n) is 8.32. The summed E-state index contributed by atoms with van der Waals surface area (Å²) < 4.78 is 8.76. The summed E-state index contributed by atoms with van der Waals surface area (Å²) in [5.74, 6) is 0. The topological polar surface area (TPSA) is 61.3 Å². The van der Waals surface area contributed by atoms with Gasteiger partial charge in [-0.2, -0.15) is 0 Å². The number of fused-ring (bicyclic) bond motifs is 1. The lowest BCUT2D eigenvalue weighted by atomic mass is 10.2. The second kappa shape index (κ2) is 4.59. The minimum atomic E-state index is -1.54. The number of para-hydroxylation sites is 1. The molecule has 0 saturated carbocycles. The van der Waals surface area contributed by atoms with Gasteiger partial charge in [-0.15, -0.1) is 0 Å². The second-order valence-corrected chi connectivity index (χ2v) is 4.44. The summed E-state index contributed by atoms with van der Waals surface area (Å²) >= 11 is 12.1. The van der Waals surface area contributed by atoms with E-state index in [2.05, 4.69) is 5.16 Å². The van der Waals surface area contributed by atoms with Gasteiger partial charge >= 0.3 is 0 Å². The Bertz CT molecular complexity index is 484. The zero-order valence-corrected chi connectivity index (χ0v) is 9.83. The molecule has 1 heterocycles. The molecular formula is C10H10Cl2N2O2. The molecule has 1 aromatic heterocycles. The summed E-state index contributed by atoms with van der Waals surface area (Å²) in [6, 6.07) is 7.27. The van der Waals surface area contributed by atoms with Gasteiger partial charge in [0.05, 0.1) is 12.0 Å². The Morgan fingerprint density at radius 3 is 2.88 bits per heavy atom. The first kappa shape index (κ1) is 11.7. The van der Waals surface area contributed by atoms with Crippen LogP contribution in [0.3, 0.4) is 0 Å². The standard InChI is InChI=1S/C10H10Cl2N2O2/c11-10(12,15-6-5-13)9-7-3-1-2-4-8(7)16-14-9/h1-4H,5-6,13H2. The maximum Gasteiger partial charge on any atom is 0.265 e. The summed E-state index contributed by atoms with van der Waals surface area (Å²) in [4.78, 5) is 0. The van der Waals surface area contributed by atoms with Crippen molar-refractivity contribution in [1.29, 1.82) is 0 Å². The van der Waals surface area contributed by atoms with Gasteiger partial charge in [-0.3, -0.25) is 0 Å². The first-order valence-electron chi connectivity index (χ1n) is 4.72.